The molecule has 1 aromatic carbocycles. The molecule has 1 fully saturated rings. The molecule has 4 rings (SSSR count). The van der Waals surface area contributed by atoms with Gasteiger partial charge in [0.1, 0.15) is 5.00 Å². The second-order valence-electron chi connectivity index (χ2n) is 8.23. The normalized spacial score (nSPS) is 24.2. The largest absolute Gasteiger partial charge is 0.481 e. The number of carboxylic acid groups (broad SMARTS) is 1. The van der Waals surface area contributed by atoms with E-state index in [0.717, 1.165) is 21.6 Å². The number of anilines is 1. The van der Waals surface area contributed by atoms with Crippen LogP contribution in [0.4, 0.5) is 5.00 Å². The standard InChI is InChI=1S/C23H24N2O4S/c1-10-4-5-13(8-11(10)2)16-12(3)30-22(19(16)20(24)26)25-21(27)17-14-6-7-15(9-14)18(17)23(28)29/h4-8,14-15,17-18H,9H2,1-3H3,(H2,24,26)(H,25,27)(H,28,29)/t14-,15-,17-,18-/m0/s1. The van der Waals surface area contributed by atoms with Gasteiger partial charge in [-0.3, -0.25) is 14.4 Å². The second kappa shape index (κ2) is 7.40. The minimum Gasteiger partial charge on any atom is -0.481 e. The molecule has 4 N–H and O–H groups in total. The highest BCUT2D eigenvalue weighted by molar-refractivity contribution is 7.17. The number of carbonyl (C=O) groups excluding carboxylic acids is 2. The Labute approximate surface area is 178 Å². The Balaban J connectivity index is 1.71. The zero-order valence-electron chi connectivity index (χ0n) is 17.1. The molecule has 7 heteroatoms. The summed E-state index contributed by atoms with van der Waals surface area (Å²) in [6, 6.07) is 5.93. The lowest BCUT2D eigenvalue weighted by Crippen LogP contribution is -2.36. The molecule has 156 valence electrons. The first-order chi connectivity index (χ1) is 14.2. The van der Waals surface area contributed by atoms with Crippen LogP contribution in [0.15, 0.2) is 30.4 Å². The number of fused-ring (bicyclic) bond motifs is 2. The van der Waals surface area contributed by atoms with E-state index in [2.05, 4.69) is 5.32 Å². The number of carboxylic acids is 1. The van der Waals surface area contributed by atoms with Crippen molar-refractivity contribution >= 4 is 34.1 Å². The van der Waals surface area contributed by atoms with E-state index in [-0.39, 0.29) is 23.3 Å². The number of amides is 2. The highest BCUT2D eigenvalue weighted by atomic mass is 32.1. The minimum atomic E-state index is -0.958. The van der Waals surface area contributed by atoms with Gasteiger partial charge < -0.3 is 16.2 Å². The van der Waals surface area contributed by atoms with Crippen molar-refractivity contribution in [2.24, 2.45) is 29.4 Å². The summed E-state index contributed by atoms with van der Waals surface area (Å²) in [7, 11) is 0. The smallest absolute Gasteiger partial charge is 0.307 e. The van der Waals surface area contributed by atoms with Crippen molar-refractivity contribution in [3.63, 3.8) is 0 Å². The Morgan fingerprint density at radius 2 is 1.73 bits per heavy atom. The highest BCUT2D eigenvalue weighted by Gasteiger charge is 2.51. The van der Waals surface area contributed by atoms with Crippen LogP contribution in [0.5, 0.6) is 0 Å². The molecule has 2 amide bonds. The molecule has 1 heterocycles. The quantitative estimate of drug-likeness (QED) is 0.632. The third kappa shape index (κ3) is 3.23. The first-order valence-electron chi connectivity index (χ1n) is 9.91. The summed E-state index contributed by atoms with van der Waals surface area (Å²) in [6.07, 6.45) is 4.51. The Morgan fingerprint density at radius 1 is 1.07 bits per heavy atom. The fraction of sp³-hybridized carbons (Fsp3) is 0.348. The zero-order chi connectivity index (χ0) is 21.7. The van der Waals surface area contributed by atoms with Gasteiger partial charge in [-0.2, -0.15) is 0 Å². The zero-order valence-corrected chi connectivity index (χ0v) is 17.9. The SMILES string of the molecule is Cc1ccc(-c2c(C)sc(NC(=O)[C@@H]3[C@@H](C(=O)O)[C@H]4C=C[C@H]3C4)c2C(N)=O)cc1C. The lowest BCUT2D eigenvalue weighted by Gasteiger charge is -2.23. The topological polar surface area (TPSA) is 109 Å². The number of thiophene rings is 1. The lowest BCUT2D eigenvalue weighted by molar-refractivity contribution is -0.146. The Hall–Kier alpha value is -2.93. The van der Waals surface area contributed by atoms with E-state index in [0.29, 0.717) is 17.0 Å². The van der Waals surface area contributed by atoms with Gasteiger partial charge in [0.2, 0.25) is 5.91 Å². The number of aryl methyl sites for hydroxylation is 3. The van der Waals surface area contributed by atoms with Crippen LogP contribution in [-0.2, 0) is 9.59 Å². The van der Waals surface area contributed by atoms with Crippen molar-refractivity contribution in [1.82, 2.24) is 0 Å². The fourth-order valence-corrected chi connectivity index (χ4v) is 5.91. The molecule has 2 aliphatic rings. The Bertz CT molecular complexity index is 1100. The van der Waals surface area contributed by atoms with Crippen molar-refractivity contribution in [2.75, 3.05) is 5.32 Å². The predicted octanol–water partition coefficient (Wildman–Crippen LogP) is 3.90. The fourth-order valence-electron chi connectivity index (χ4n) is 4.82. The molecular formula is C23H24N2O4S. The first-order valence-corrected chi connectivity index (χ1v) is 10.7. The predicted molar refractivity (Wildman–Crippen MR) is 116 cm³/mol. The molecule has 0 radical (unpaired) electrons. The molecule has 0 saturated heterocycles. The van der Waals surface area contributed by atoms with Crippen LogP contribution in [0.2, 0.25) is 0 Å². The summed E-state index contributed by atoms with van der Waals surface area (Å²) in [5.74, 6) is -3.54. The van der Waals surface area contributed by atoms with Crippen molar-refractivity contribution in [1.29, 1.82) is 0 Å². The van der Waals surface area contributed by atoms with Gasteiger partial charge in [-0.15, -0.1) is 11.3 Å². The van der Waals surface area contributed by atoms with Gasteiger partial charge >= 0.3 is 5.97 Å². The summed E-state index contributed by atoms with van der Waals surface area (Å²) in [5, 5.41) is 12.8. The molecule has 6 nitrogen and oxygen atoms in total. The summed E-state index contributed by atoms with van der Waals surface area (Å²) in [4.78, 5) is 38.1. The molecule has 0 unspecified atom stereocenters. The summed E-state index contributed by atoms with van der Waals surface area (Å²) in [6.45, 7) is 5.91. The average Bonchev–Trinajstić information content (AvgIpc) is 3.36. The molecule has 30 heavy (non-hydrogen) atoms. The monoisotopic (exact) mass is 424 g/mol. The molecular weight excluding hydrogens is 400 g/mol. The van der Waals surface area contributed by atoms with E-state index in [1.54, 1.807) is 0 Å². The molecule has 0 aliphatic heterocycles. The van der Waals surface area contributed by atoms with Crippen molar-refractivity contribution < 1.29 is 19.5 Å². The Morgan fingerprint density at radius 3 is 2.33 bits per heavy atom. The van der Waals surface area contributed by atoms with Gasteiger partial charge in [0.05, 0.1) is 17.4 Å². The first kappa shape index (κ1) is 20.3. The van der Waals surface area contributed by atoms with Gasteiger partial charge in [-0.25, -0.2) is 0 Å². The molecule has 1 aromatic heterocycles. The van der Waals surface area contributed by atoms with E-state index >= 15 is 0 Å². The van der Waals surface area contributed by atoms with Gasteiger partial charge in [-0.1, -0.05) is 30.4 Å². The minimum absolute atomic E-state index is 0.0894. The maximum absolute atomic E-state index is 13.1. The van der Waals surface area contributed by atoms with Gasteiger partial charge in [0.15, 0.2) is 0 Å². The van der Waals surface area contributed by atoms with Gasteiger partial charge in [0, 0.05) is 10.4 Å². The van der Waals surface area contributed by atoms with Crippen molar-refractivity contribution in [2.45, 2.75) is 27.2 Å². The lowest BCUT2D eigenvalue weighted by atomic mass is 9.82. The van der Waals surface area contributed by atoms with E-state index < -0.39 is 23.7 Å². The summed E-state index contributed by atoms with van der Waals surface area (Å²) < 4.78 is 0. The molecule has 0 spiro atoms. The maximum Gasteiger partial charge on any atom is 0.307 e. The van der Waals surface area contributed by atoms with E-state index in [1.807, 2.05) is 51.1 Å². The second-order valence-corrected chi connectivity index (χ2v) is 9.45. The third-order valence-corrected chi connectivity index (χ3v) is 7.43. The van der Waals surface area contributed by atoms with Crippen LogP contribution < -0.4 is 11.1 Å². The molecule has 2 aliphatic carbocycles. The maximum atomic E-state index is 13.1. The number of allylic oxidation sites excluding steroid dienone is 2. The molecule has 2 aromatic rings. The van der Waals surface area contributed by atoms with Gasteiger partial charge in [0.25, 0.3) is 5.91 Å². The van der Waals surface area contributed by atoms with E-state index in [1.165, 1.54) is 11.3 Å². The van der Waals surface area contributed by atoms with Gasteiger partial charge in [-0.05, 0) is 55.7 Å². The number of benzene rings is 1. The summed E-state index contributed by atoms with van der Waals surface area (Å²) in [5.41, 5.74) is 9.81. The Kier molecular flexibility index (Phi) is 5.02. The van der Waals surface area contributed by atoms with E-state index in [4.69, 9.17) is 5.73 Å². The molecule has 4 atom stereocenters. The van der Waals surface area contributed by atoms with E-state index in [9.17, 15) is 19.5 Å². The molecule has 2 bridgehead atoms. The van der Waals surface area contributed by atoms with Crippen LogP contribution in [-0.4, -0.2) is 22.9 Å². The molecule has 1 saturated carbocycles. The van der Waals surface area contributed by atoms with Crippen molar-refractivity contribution in [3.05, 3.63) is 51.9 Å². The van der Waals surface area contributed by atoms with Crippen LogP contribution in [0, 0.1) is 44.4 Å². The van der Waals surface area contributed by atoms with Crippen molar-refractivity contribution in [3.8, 4) is 11.1 Å². The highest BCUT2D eigenvalue weighted by Crippen LogP contribution is 2.49. The third-order valence-electron chi connectivity index (χ3n) is 6.41. The number of nitrogens with one attached hydrogen (secondary N) is 1. The number of carbonyl (C=O) groups is 3. The van der Waals surface area contributed by atoms with Crippen LogP contribution in [0.1, 0.15) is 32.8 Å². The van der Waals surface area contributed by atoms with Crippen LogP contribution in [0.25, 0.3) is 11.1 Å². The number of primary amides is 1. The number of nitrogens with two attached hydrogens (primary N) is 1. The number of hydrogen-bond donors (Lipinski definition) is 3. The number of rotatable bonds is 5. The number of hydrogen-bond acceptors (Lipinski definition) is 4. The van der Waals surface area contributed by atoms with Crippen LogP contribution >= 0.6 is 11.3 Å². The average molecular weight is 425 g/mol. The number of aliphatic carboxylic acids is 1. The van der Waals surface area contributed by atoms with Crippen LogP contribution in [0.3, 0.4) is 0 Å². The summed E-state index contributed by atoms with van der Waals surface area (Å²) >= 11 is 1.29.